The van der Waals surface area contributed by atoms with E-state index in [2.05, 4.69) is 196 Å². The van der Waals surface area contributed by atoms with E-state index in [1.807, 2.05) is 0 Å². The van der Waals surface area contributed by atoms with Crippen LogP contribution in [0.15, 0.2) is 182 Å². The van der Waals surface area contributed by atoms with Crippen LogP contribution < -0.4 is 0 Å². The summed E-state index contributed by atoms with van der Waals surface area (Å²) in [7, 11) is 2.45. The van der Waals surface area contributed by atoms with E-state index in [1.165, 1.54) is 33.4 Å². The fraction of sp³-hybridized carbons (Fsp3) is 0.0769. The van der Waals surface area contributed by atoms with Crippen LogP contribution in [0.2, 0.25) is 0 Å². The smallest absolute Gasteiger partial charge is 0.272 e. The van der Waals surface area contributed by atoms with E-state index in [-0.39, 0.29) is 18.1 Å². The van der Waals surface area contributed by atoms with Gasteiger partial charge in [-0.1, -0.05) is 182 Å². The molecular formula is C39H36B3N3. The standard InChI is InChI=1S/C39H36B3N3/c1-7-19-31(20-8-1)37(32-21-9-2-10-22-32)43-40-44(38(33-23-11-3-12-24-33)34-25-13-4-14-26-34)42-45(41-43)39(35-27-15-5-16-28-35)36-29-17-6-18-30-36/h1-30,37-42H. The summed E-state index contributed by atoms with van der Waals surface area (Å²) in [6.45, 7) is 0. The fourth-order valence-corrected chi connectivity index (χ4v) is 6.98. The molecule has 6 aromatic rings. The molecule has 0 aromatic heterocycles. The van der Waals surface area contributed by atoms with Gasteiger partial charge < -0.3 is 14.2 Å². The molecule has 6 heteroatoms. The molecule has 0 N–H and O–H groups in total. The Morgan fingerprint density at radius 3 is 0.556 bits per heavy atom. The highest BCUT2D eigenvalue weighted by atomic mass is 15.3. The molecule has 0 unspecified atom stereocenters. The lowest BCUT2D eigenvalue weighted by Crippen LogP contribution is -2.63. The first kappa shape index (κ1) is 29.1. The quantitative estimate of drug-likeness (QED) is 0.170. The highest BCUT2D eigenvalue weighted by Gasteiger charge is 2.40. The van der Waals surface area contributed by atoms with Crippen LogP contribution in [0.5, 0.6) is 0 Å². The molecule has 45 heavy (non-hydrogen) atoms. The summed E-state index contributed by atoms with van der Waals surface area (Å²) in [6, 6.07) is 66.3. The first-order valence-corrected chi connectivity index (χ1v) is 15.9. The minimum Gasteiger partial charge on any atom is -0.353 e. The predicted octanol–water partition coefficient (Wildman–Crippen LogP) is 7.07. The van der Waals surface area contributed by atoms with Crippen molar-refractivity contribution in [3.63, 3.8) is 0 Å². The van der Waals surface area contributed by atoms with Gasteiger partial charge in [-0.15, -0.1) is 0 Å². The molecule has 0 radical (unpaired) electrons. The molecule has 1 heterocycles. The predicted molar refractivity (Wildman–Crippen MR) is 191 cm³/mol. The van der Waals surface area contributed by atoms with Crippen molar-refractivity contribution in [2.45, 2.75) is 18.1 Å². The highest BCUT2D eigenvalue weighted by Crippen LogP contribution is 2.37. The van der Waals surface area contributed by atoms with Crippen LogP contribution in [-0.4, -0.2) is 36.8 Å². The van der Waals surface area contributed by atoms with E-state index < -0.39 is 0 Å². The Morgan fingerprint density at radius 1 is 0.244 bits per heavy atom. The molecule has 7 rings (SSSR count). The van der Waals surface area contributed by atoms with E-state index >= 15 is 0 Å². The topological polar surface area (TPSA) is 9.72 Å². The van der Waals surface area contributed by atoms with E-state index in [0.717, 1.165) is 22.6 Å². The Bertz CT molecular complexity index is 1410. The van der Waals surface area contributed by atoms with Gasteiger partial charge in [0.25, 0.3) is 22.6 Å². The number of benzene rings is 6. The second kappa shape index (κ2) is 14.0. The van der Waals surface area contributed by atoms with Crippen molar-refractivity contribution >= 4 is 22.6 Å². The summed E-state index contributed by atoms with van der Waals surface area (Å²) >= 11 is 0. The molecule has 216 valence electrons. The van der Waals surface area contributed by atoms with Crippen molar-refractivity contribution in [2.24, 2.45) is 0 Å². The lowest BCUT2D eigenvalue weighted by Gasteiger charge is -2.49. The number of hydrogen-bond acceptors (Lipinski definition) is 3. The maximum absolute atomic E-state index is 2.66. The van der Waals surface area contributed by atoms with Crippen molar-refractivity contribution < 1.29 is 0 Å². The molecule has 3 nitrogen and oxygen atoms in total. The van der Waals surface area contributed by atoms with Crippen LogP contribution in [0.25, 0.3) is 0 Å². The second-order valence-electron chi connectivity index (χ2n) is 11.9. The Balaban J connectivity index is 1.38. The Hall–Kier alpha value is -4.61. The third-order valence-electron chi connectivity index (χ3n) is 8.88. The molecule has 0 bridgehead atoms. The van der Waals surface area contributed by atoms with Crippen molar-refractivity contribution in [2.75, 3.05) is 0 Å². The maximum atomic E-state index is 2.66. The molecule has 0 aliphatic carbocycles. The molecule has 0 atom stereocenters. The molecule has 1 aliphatic rings. The summed E-state index contributed by atoms with van der Waals surface area (Å²) in [6.07, 6.45) is 0. The number of rotatable bonds is 9. The Morgan fingerprint density at radius 2 is 0.400 bits per heavy atom. The monoisotopic (exact) mass is 579 g/mol. The average molecular weight is 579 g/mol. The molecular weight excluding hydrogens is 543 g/mol. The molecule has 0 amide bonds. The van der Waals surface area contributed by atoms with Crippen LogP contribution in [0.1, 0.15) is 51.5 Å². The normalized spacial score (nSPS) is 14.2. The van der Waals surface area contributed by atoms with Gasteiger partial charge in [0.15, 0.2) is 0 Å². The second-order valence-corrected chi connectivity index (χ2v) is 11.9. The van der Waals surface area contributed by atoms with E-state index in [9.17, 15) is 0 Å². The van der Waals surface area contributed by atoms with E-state index in [0.29, 0.717) is 0 Å². The third kappa shape index (κ3) is 6.60. The van der Waals surface area contributed by atoms with Crippen molar-refractivity contribution in [1.82, 2.24) is 14.2 Å². The van der Waals surface area contributed by atoms with Crippen molar-refractivity contribution in [1.29, 1.82) is 0 Å². The van der Waals surface area contributed by atoms with Gasteiger partial charge >= 0.3 is 0 Å². The summed E-state index contributed by atoms with van der Waals surface area (Å²) in [5.41, 5.74) is 7.82. The molecule has 1 fully saturated rings. The van der Waals surface area contributed by atoms with Crippen LogP contribution in [0, 0.1) is 0 Å². The van der Waals surface area contributed by atoms with Gasteiger partial charge in [0, 0.05) is 18.1 Å². The average Bonchev–Trinajstić information content (AvgIpc) is 3.12. The fourth-order valence-electron chi connectivity index (χ4n) is 6.98. The first-order chi connectivity index (χ1) is 22.3. The molecule has 0 spiro atoms. The van der Waals surface area contributed by atoms with Crippen molar-refractivity contribution in [3.8, 4) is 0 Å². The van der Waals surface area contributed by atoms with Crippen LogP contribution in [0.3, 0.4) is 0 Å². The molecule has 1 aliphatic heterocycles. The maximum Gasteiger partial charge on any atom is 0.272 e. The lowest BCUT2D eigenvalue weighted by atomic mass is 9.66. The molecule has 0 saturated carbocycles. The van der Waals surface area contributed by atoms with Gasteiger partial charge in [0.05, 0.1) is 0 Å². The minimum absolute atomic E-state index is 0.0945. The largest absolute Gasteiger partial charge is 0.353 e. The van der Waals surface area contributed by atoms with E-state index in [4.69, 9.17) is 0 Å². The SMILES string of the molecule is B1N(C(c2ccccc2)c2ccccc2)BN(C(c2ccccc2)c2ccccc2)BN1C(c1ccccc1)c1ccccc1. The summed E-state index contributed by atoms with van der Waals surface area (Å²) < 4.78 is 7.98. The Labute approximate surface area is 269 Å². The van der Waals surface area contributed by atoms with Crippen LogP contribution in [0.4, 0.5) is 0 Å². The highest BCUT2D eigenvalue weighted by molar-refractivity contribution is 6.65. The van der Waals surface area contributed by atoms with Gasteiger partial charge in [-0.2, -0.15) is 0 Å². The third-order valence-corrected chi connectivity index (χ3v) is 8.88. The first-order valence-electron chi connectivity index (χ1n) is 15.9. The number of hydrogen-bond donors (Lipinski definition) is 0. The molecule has 6 aromatic carbocycles. The van der Waals surface area contributed by atoms with Gasteiger partial charge in [0.2, 0.25) is 0 Å². The summed E-state index contributed by atoms with van der Waals surface area (Å²) in [5.74, 6) is 0. The Kier molecular flexibility index (Phi) is 9.06. The van der Waals surface area contributed by atoms with Gasteiger partial charge in [-0.05, 0) is 33.4 Å². The van der Waals surface area contributed by atoms with Crippen LogP contribution in [-0.2, 0) is 0 Å². The van der Waals surface area contributed by atoms with E-state index in [1.54, 1.807) is 0 Å². The number of nitrogens with zero attached hydrogens (tertiary/aromatic N) is 3. The summed E-state index contributed by atoms with van der Waals surface area (Å²) in [5, 5.41) is 0. The molecule has 1 saturated heterocycles. The minimum atomic E-state index is 0.0945. The lowest BCUT2D eigenvalue weighted by molar-refractivity contribution is 0.393. The van der Waals surface area contributed by atoms with Crippen LogP contribution >= 0.6 is 0 Å². The zero-order valence-electron chi connectivity index (χ0n) is 25.5. The van der Waals surface area contributed by atoms with Crippen molar-refractivity contribution in [3.05, 3.63) is 215 Å². The zero-order chi connectivity index (χ0) is 30.3. The van der Waals surface area contributed by atoms with Gasteiger partial charge in [0.1, 0.15) is 0 Å². The zero-order valence-corrected chi connectivity index (χ0v) is 25.5. The summed E-state index contributed by atoms with van der Waals surface area (Å²) in [4.78, 5) is 0. The van der Waals surface area contributed by atoms with Gasteiger partial charge in [-0.25, -0.2) is 0 Å². The van der Waals surface area contributed by atoms with Gasteiger partial charge in [-0.3, -0.25) is 0 Å².